The van der Waals surface area contributed by atoms with E-state index >= 15 is 0 Å². The molecule has 0 aromatic carbocycles. The highest BCUT2D eigenvalue weighted by molar-refractivity contribution is 4.89. The van der Waals surface area contributed by atoms with Gasteiger partial charge in [-0.2, -0.15) is 5.06 Å². The second-order valence-corrected chi connectivity index (χ2v) is 4.87. The first-order valence-electron chi connectivity index (χ1n) is 6.41. The number of hydrogen-bond acceptors (Lipinski definition) is 2. The van der Waals surface area contributed by atoms with Gasteiger partial charge in [-0.15, -0.1) is 6.58 Å². The third-order valence-electron chi connectivity index (χ3n) is 3.65. The molecule has 0 spiro atoms. The third-order valence-corrected chi connectivity index (χ3v) is 3.65. The molecule has 86 valence electrons. The maximum atomic E-state index is 6.06. The largest absolute Gasteiger partial charge is 0.295 e. The van der Waals surface area contributed by atoms with Gasteiger partial charge in [0.05, 0.1) is 6.10 Å². The van der Waals surface area contributed by atoms with Crippen LogP contribution in [0.1, 0.15) is 51.9 Å². The highest BCUT2D eigenvalue weighted by Crippen LogP contribution is 2.35. The second kappa shape index (κ2) is 5.13. The van der Waals surface area contributed by atoms with Crippen molar-refractivity contribution in [2.45, 2.75) is 70.1 Å². The Labute approximate surface area is 93.2 Å². The molecule has 0 bridgehead atoms. The fourth-order valence-corrected chi connectivity index (χ4v) is 2.96. The summed E-state index contributed by atoms with van der Waals surface area (Å²) in [5, 5.41) is 2.30. The van der Waals surface area contributed by atoms with E-state index in [4.69, 9.17) is 4.84 Å². The molecule has 0 saturated carbocycles. The highest BCUT2D eigenvalue weighted by Gasteiger charge is 2.39. The number of nitrogens with zero attached hydrogens (tertiary/aromatic N) is 1. The third kappa shape index (κ3) is 2.43. The summed E-state index contributed by atoms with van der Waals surface area (Å²) in [6, 6.07) is 1.29. The molecule has 0 aromatic rings. The molecule has 2 nitrogen and oxygen atoms in total. The number of rotatable bonds is 4. The van der Waals surface area contributed by atoms with Gasteiger partial charge in [0, 0.05) is 12.1 Å². The van der Waals surface area contributed by atoms with Crippen LogP contribution in [-0.4, -0.2) is 23.3 Å². The van der Waals surface area contributed by atoms with Gasteiger partial charge >= 0.3 is 0 Å². The van der Waals surface area contributed by atoms with Crippen molar-refractivity contribution in [3.8, 4) is 0 Å². The van der Waals surface area contributed by atoms with Gasteiger partial charge < -0.3 is 0 Å². The Balaban J connectivity index is 1.94. The molecular formula is C13H23NO. The van der Waals surface area contributed by atoms with E-state index in [0.29, 0.717) is 18.2 Å². The molecule has 2 saturated heterocycles. The van der Waals surface area contributed by atoms with E-state index in [0.717, 1.165) is 6.42 Å². The Hall–Kier alpha value is -0.340. The minimum atomic E-state index is 0.491. The summed E-state index contributed by atoms with van der Waals surface area (Å²) < 4.78 is 0. The van der Waals surface area contributed by atoms with Crippen LogP contribution in [0.4, 0.5) is 0 Å². The standard InChI is InChI=1S/C13H23NO/c1-3-6-11-8-5-9-12-10-13(7-4-2)15-14(11)12/h3,11-13H,1,4-10H2,2H3/t11-,12+,13-/m0/s1. The van der Waals surface area contributed by atoms with Gasteiger partial charge in [-0.3, -0.25) is 4.84 Å². The summed E-state index contributed by atoms with van der Waals surface area (Å²) in [6.45, 7) is 6.08. The van der Waals surface area contributed by atoms with E-state index in [-0.39, 0.29) is 0 Å². The van der Waals surface area contributed by atoms with Gasteiger partial charge in [-0.1, -0.05) is 25.8 Å². The van der Waals surface area contributed by atoms with Crippen LogP contribution in [0.2, 0.25) is 0 Å². The van der Waals surface area contributed by atoms with Crippen LogP contribution in [0, 0.1) is 0 Å². The smallest absolute Gasteiger partial charge is 0.0809 e. The minimum absolute atomic E-state index is 0.491. The van der Waals surface area contributed by atoms with Crippen LogP contribution in [0.15, 0.2) is 12.7 Å². The molecule has 0 aliphatic carbocycles. The maximum Gasteiger partial charge on any atom is 0.0809 e. The van der Waals surface area contributed by atoms with Crippen molar-refractivity contribution in [2.24, 2.45) is 0 Å². The summed E-state index contributed by atoms with van der Waals surface area (Å²) in [4.78, 5) is 6.06. The molecule has 2 fully saturated rings. The van der Waals surface area contributed by atoms with E-state index in [1.165, 1.54) is 38.5 Å². The molecule has 0 N–H and O–H groups in total. The van der Waals surface area contributed by atoms with Crippen LogP contribution < -0.4 is 0 Å². The van der Waals surface area contributed by atoms with Gasteiger partial charge in [-0.25, -0.2) is 0 Å². The Kier molecular flexibility index (Phi) is 3.81. The predicted molar refractivity (Wildman–Crippen MR) is 62.5 cm³/mol. The summed E-state index contributed by atoms with van der Waals surface area (Å²) in [6.07, 6.45) is 11.3. The van der Waals surface area contributed by atoms with Gasteiger partial charge in [0.1, 0.15) is 0 Å². The Bertz CT molecular complexity index is 217. The molecule has 2 aliphatic heterocycles. The molecular weight excluding hydrogens is 186 g/mol. The molecule has 2 heteroatoms. The van der Waals surface area contributed by atoms with Crippen LogP contribution in [-0.2, 0) is 4.84 Å². The SMILES string of the molecule is C=CC[C@H]1CCC[C@@H]2C[C@H](CCC)ON21. The summed E-state index contributed by atoms with van der Waals surface area (Å²) >= 11 is 0. The van der Waals surface area contributed by atoms with Crippen molar-refractivity contribution in [3.63, 3.8) is 0 Å². The zero-order valence-electron chi connectivity index (χ0n) is 9.82. The summed E-state index contributed by atoms with van der Waals surface area (Å²) in [5.41, 5.74) is 0. The van der Waals surface area contributed by atoms with Gasteiger partial charge in [-0.05, 0) is 32.1 Å². The lowest BCUT2D eigenvalue weighted by atomic mass is 9.93. The zero-order valence-corrected chi connectivity index (χ0v) is 9.82. The summed E-state index contributed by atoms with van der Waals surface area (Å²) in [7, 11) is 0. The molecule has 2 rings (SSSR count). The number of piperidine rings is 1. The fraction of sp³-hybridized carbons (Fsp3) is 0.846. The van der Waals surface area contributed by atoms with E-state index in [9.17, 15) is 0 Å². The summed E-state index contributed by atoms with van der Waals surface area (Å²) in [5.74, 6) is 0. The van der Waals surface area contributed by atoms with Crippen LogP contribution in [0.3, 0.4) is 0 Å². The number of hydroxylamine groups is 2. The monoisotopic (exact) mass is 209 g/mol. The first kappa shape index (κ1) is 11.2. The average Bonchev–Trinajstić information content (AvgIpc) is 2.62. The van der Waals surface area contributed by atoms with Crippen molar-refractivity contribution in [3.05, 3.63) is 12.7 Å². The van der Waals surface area contributed by atoms with Gasteiger partial charge in [0.2, 0.25) is 0 Å². The topological polar surface area (TPSA) is 12.5 Å². The van der Waals surface area contributed by atoms with Gasteiger partial charge in [0.15, 0.2) is 0 Å². The van der Waals surface area contributed by atoms with Crippen molar-refractivity contribution in [1.29, 1.82) is 0 Å². The second-order valence-electron chi connectivity index (χ2n) is 4.87. The molecule has 0 radical (unpaired) electrons. The Morgan fingerprint density at radius 3 is 3.07 bits per heavy atom. The van der Waals surface area contributed by atoms with Crippen LogP contribution in [0.25, 0.3) is 0 Å². The maximum absolute atomic E-state index is 6.06. The average molecular weight is 209 g/mol. The number of hydrogen-bond donors (Lipinski definition) is 0. The molecule has 0 aromatic heterocycles. The lowest BCUT2D eigenvalue weighted by molar-refractivity contribution is -0.200. The lowest BCUT2D eigenvalue weighted by Crippen LogP contribution is -2.41. The Morgan fingerprint density at radius 1 is 1.47 bits per heavy atom. The first-order valence-corrected chi connectivity index (χ1v) is 6.41. The first-order chi connectivity index (χ1) is 7.35. The molecule has 3 atom stereocenters. The van der Waals surface area contributed by atoms with E-state index in [1.807, 2.05) is 6.08 Å². The quantitative estimate of drug-likeness (QED) is 0.659. The van der Waals surface area contributed by atoms with Crippen LogP contribution >= 0.6 is 0 Å². The van der Waals surface area contributed by atoms with Crippen LogP contribution in [0.5, 0.6) is 0 Å². The van der Waals surface area contributed by atoms with Gasteiger partial charge in [0.25, 0.3) is 0 Å². The van der Waals surface area contributed by atoms with Crippen molar-refractivity contribution in [2.75, 3.05) is 0 Å². The molecule has 15 heavy (non-hydrogen) atoms. The normalized spacial score (nSPS) is 36.5. The van der Waals surface area contributed by atoms with Crippen molar-refractivity contribution >= 4 is 0 Å². The highest BCUT2D eigenvalue weighted by atomic mass is 16.7. The zero-order chi connectivity index (χ0) is 10.7. The molecule has 2 aliphatic rings. The molecule has 2 heterocycles. The number of fused-ring (bicyclic) bond motifs is 1. The predicted octanol–water partition coefficient (Wildman–Crippen LogP) is 3.29. The van der Waals surface area contributed by atoms with Crippen molar-refractivity contribution < 1.29 is 4.84 Å². The van der Waals surface area contributed by atoms with E-state index in [2.05, 4.69) is 18.6 Å². The van der Waals surface area contributed by atoms with Crippen molar-refractivity contribution in [1.82, 2.24) is 5.06 Å². The minimum Gasteiger partial charge on any atom is -0.295 e. The van der Waals surface area contributed by atoms with E-state index < -0.39 is 0 Å². The molecule has 0 unspecified atom stereocenters. The Morgan fingerprint density at radius 2 is 2.33 bits per heavy atom. The molecule has 0 amide bonds. The lowest BCUT2D eigenvalue weighted by Gasteiger charge is -2.35. The fourth-order valence-electron chi connectivity index (χ4n) is 2.96. The van der Waals surface area contributed by atoms with E-state index in [1.54, 1.807) is 0 Å².